The lowest BCUT2D eigenvalue weighted by atomic mass is 10.2. The first kappa shape index (κ1) is 11.7. The molecule has 0 heterocycles. The van der Waals surface area contributed by atoms with E-state index in [0.717, 1.165) is 4.47 Å². The fraction of sp³-hybridized carbons (Fsp3) is 0. The molecule has 3 nitrogen and oxygen atoms in total. The van der Waals surface area contributed by atoms with Crippen molar-refractivity contribution in [3.8, 4) is 11.5 Å². The highest BCUT2D eigenvalue weighted by atomic mass is 79.9. The van der Waals surface area contributed by atoms with Gasteiger partial charge in [0, 0.05) is 0 Å². The molecule has 0 amide bonds. The van der Waals surface area contributed by atoms with Gasteiger partial charge >= 0.3 is 5.97 Å². The van der Waals surface area contributed by atoms with Crippen LogP contribution in [0.5, 0.6) is 11.5 Å². The van der Waals surface area contributed by atoms with Gasteiger partial charge in [-0.3, -0.25) is 0 Å². The Bertz CT molecular complexity index is 535. The van der Waals surface area contributed by atoms with Crippen molar-refractivity contribution >= 4 is 21.9 Å². The number of hydrogen-bond donors (Lipinski definition) is 1. The SMILES string of the molecule is O=C(O)c1ccc(Oc2ccccc2Br)cc1. The van der Waals surface area contributed by atoms with Crippen molar-refractivity contribution in [3.05, 3.63) is 58.6 Å². The summed E-state index contributed by atoms with van der Waals surface area (Å²) < 4.78 is 6.45. The first-order valence-corrected chi connectivity index (χ1v) is 5.72. The summed E-state index contributed by atoms with van der Waals surface area (Å²) in [6, 6.07) is 13.7. The lowest BCUT2D eigenvalue weighted by molar-refractivity contribution is 0.0697. The molecule has 0 bridgehead atoms. The van der Waals surface area contributed by atoms with Crippen LogP contribution >= 0.6 is 15.9 Å². The minimum Gasteiger partial charge on any atom is -0.478 e. The fourth-order valence-electron chi connectivity index (χ4n) is 1.32. The van der Waals surface area contributed by atoms with Gasteiger partial charge in [0.25, 0.3) is 0 Å². The van der Waals surface area contributed by atoms with Crippen LogP contribution in [0, 0.1) is 0 Å². The summed E-state index contributed by atoms with van der Waals surface area (Å²) in [7, 11) is 0. The molecule has 0 fully saturated rings. The van der Waals surface area contributed by atoms with Gasteiger partial charge in [0.05, 0.1) is 10.0 Å². The second-order valence-electron chi connectivity index (χ2n) is 3.36. The molecule has 0 aliphatic heterocycles. The van der Waals surface area contributed by atoms with E-state index >= 15 is 0 Å². The van der Waals surface area contributed by atoms with E-state index < -0.39 is 5.97 Å². The van der Waals surface area contributed by atoms with Gasteiger partial charge in [0.2, 0.25) is 0 Å². The number of carbonyl (C=O) groups is 1. The molecule has 1 N–H and O–H groups in total. The molecule has 0 unspecified atom stereocenters. The summed E-state index contributed by atoms with van der Waals surface area (Å²) in [5.74, 6) is 0.343. The van der Waals surface area contributed by atoms with E-state index in [2.05, 4.69) is 15.9 Å². The molecule has 0 saturated heterocycles. The summed E-state index contributed by atoms with van der Waals surface area (Å²) in [6.07, 6.45) is 0. The molecule has 0 aromatic heterocycles. The summed E-state index contributed by atoms with van der Waals surface area (Å²) >= 11 is 3.37. The minimum absolute atomic E-state index is 0.240. The summed E-state index contributed by atoms with van der Waals surface area (Å²) in [6.45, 7) is 0. The Morgan fingerprint density at radius 1 is 1.06 bits per heavy atom. The number of rotatable bonds is 3. The number of aromatic carboxylic acids is 1. The average Bonchev–Trinajstić information content (AvgIpc) is 2.33. The van der Waals surface area contributed by atoms with Gasteiger partial charge in [-0.05, 0) is 52.3 Å². The van der Waals surface area contributed by atoms with Crippen molar-refractivity contribution in [1.82, 2.24) is 0 Å². The number of benzene rings is 2. The first-order valence-electron chi connectivity index (χ1n) is 4.92. The molecule has 4 heteroatoms. The van der Waals surface area contributed by atoms with Gasteiger partial charge in [-0.1, -0.05) is 12.1 Å². The van der Waals surface area contributed by atoms with Crippen LogP contribution in [0.2, 0.25) is 0 Å². The topological polar surface area (TPSA) is 46.5 Å². The van der Waals surface area contributed by atoms with E-state index in [9.17, 15) is 4.79 Å². The molecule has 17 heavy (non-hydrogen) atoms. The van der Waals surface area contributed by atoms with E-state index in [0.29, 0.717) is 11.5 Å². The monoisotopic (exact) mass is 292 g/mol. The predicted octanol–water partition coefficient (Wildman–Crippen LogP) is 3.94. The van der Waals surface area contributed by atoms with Gasteiger partial charge in [-0.15, -0.1) is 0 Å². The molecule has 2 aromatic carbocycles. The fourth-order valence-corrected chi connectivity index (χ4v) is 1.69. The van der Waals surface area contributed by atoms with Crippen molar-refractivity contribution in [2.24, 2.45) is 0 Å². The number of halogens is 1. The Kier molecular flexibility index (Phi) is 3.44. The van der Waals surface area contributed by atoms with Crippen LogP contribution in [0.15, 0.2) is 53.0 Å². The van der Waals surface area contributed by atoms with Crippen LogP contribution in [0.25, 0.3) is 0 Å². The lowest BCUT2D eigenvalue weighted by Gasteiger charge is -2.07. The third-order valence-corrected chi connectivity index (χ3v) is 2.82. The lowest BCUT2D eigenvalue weighted by Crippen LogP contribution is -1.95. The van der Waals surface area contributed by atoms with Gasteiger partial charge in [0.15, 0.2) is 0 Å². The van der Waals surface area contributed by atoms with E-state index in [1.54, 1.807) is 12.1 Å². The number of para-hydroxylation sites is 1. The number of carboxylic acid groups (broad SMARTS) is 1. The molecule has 2 aromatic rings. The van der Waals surface area contributed by atoms with Gasteiger partial charge < -0.3 is 9.84 Å². The Labute approximate surface area is 107 Å². The minimum atomic E-state index is -0.947. The Hall–Kier alpha value is -1.81. The first-order chi connectivity index (χ1) is 8.16. The van der Waals surface area contributed by atoms with Gasteiger partial charge in [0.1, 0.15) is 11.5 Å². The van der Waals surface area contributed by atoms with Crippen molar-refractivity contribution in [2.45, 2.75) is 0 Å². The number of carboxylic acids is 1. The number of ether oxygens (including phenoxy) is 1. The molecule has 86 valence electrons. The molecule has 0 aliphatic carbocycles. The van der Waals surface area contributed by atoms with Crippen molar-refractivity contribution in [2.75, 3.05) is 0 Å². The maximum absolute atomic E-state index is 10.7. The van der Waals surface area contributed by atoms with Gasteiger partial charge in [-0.25, -0.2) is 4.79 Å². The normalized spacial score (nSPS) is 9.94. The molecule has 0 radical (unpaired) electrons. The Morgan fingerprint density at radius 2 is 1.71 bits per heavy atom. The van der Waals surface area contributed by atoms with Crippen LogP contribution in [0.3, 0.4) is 0 Å². The Balaban J connectivity index is 2.20. The molecule has 0 saturated carbocycles. The summed E-state index contributed by atoms with van der Waals surface area (Å²) in [5, 5.41) is 8.76. The van der Waals surface area contributed by atoms with Crippen LogP contribution in [0.4, 0.5) is 0 Å². The Morgan fingerprint density at radius 3 is 2.29 bits per heavy atom. The third kappa shape index (κ3) is 2.85. The zero-order valence-corrected chi connectivity index (χ0v) is 10.3. The number of hydrogen-bond acceptors (Lipinski definition) is 2. The van der Waals surface area contributed by atoms with Crippen molar-refractivity contribution < 1.29 is 14.6 Å². The van der Waals surface area contributed by atoms with Crippen molar-refractivity contribution in [3.63, 3.8) is 0 Å². The quantitative estimate of drug-likeness (QED) is 0.932. The summed E-state index contributed by atoms with van der Waals surface area (Å²) in [4.78, 5) is 10.7. The second-order valence-corrected chi connectivity index (χ2v) is 4.22. The predicted molar refractivity (Wildman–Crippen MR) is 67.6 cm³/mol. The van der Waals surface area contributed by atoms with Gasteiger partial charge in [-0.2, -0.15) is 0 Å². The molecular formula is C13H9BrO3. The second kappa shape index (κ2) is 5.01. The van der Waals surface area contributed by atoms with E-state index in [-0.39, 0.29) is 5.56 Å². The smallest absolute Gasteiger partial charge is 0.335 e. The van der Waals surface area contributed by atoms with Crippen LogP contribution < -0.4 is 4.74 Å². The third-order valence-electron chi connectivity index (χ3n) is 2.17. The summed E-state index contributed by atoms with van der Waals surface area (Å²) in [5.41, 5.74) is 0.240. The van der Waals surface area contributed by atoms with Crippen molar-refractivity contribution in [1.29, 1.82) is 0 Å². The highest BCUT2D eigenvalue weighted by Crippen LogP contribution is 2.29. The standard InChI is InChI=1S/C13H9BrO3/c14-11-3-1-2-4-12(11)17-10-7-5-9(6-8-10)13(15)16/h1-8H,(H,15,16). The van der Waals surface area contributed by atoms with Crippen LogP contribution in [-0.2, 0) is 0 Å². The van der Waals surface area contributed by atoms with Crippen LogP contribution in [-0.4, -0.2) is 11.1 Å². The van der Waals surface area contributed by atoms with E-state index in [1.807, 2.05) is 24.3 Å². The molecule has 2 rings (SSSR count). The molecule has 0 aliphatic rings. The van der Waals surface area contributed by atoms with E-state index in [1.165, 1.54) is 12.1 Å². The zero-order chi connectivity index (χ0) is 12.3. The largest absolute Gasteiger partial charge is 0.478 e. The maximum atomic E-state index is 10.7. The maximum Gasteiger partial charge on any atom is 0.335 e. The highest BCUT2D eigenvalue weighted by Gasteiger charge is 2.04. The molecule has 0 spiro atoms. The average molecular weight is 293 g/mol. The zero-order valence-electron chi connectivity index (χ0n) is 8.76. The van der Waals surface area contributed by atoms with E-state index in [4.69, 9.17) is 9.84 Å². The van der Waals surface area contributed by atoms with Crippen LogP contribution in [0.1, 0.15) is 10.4 Å². The highest BCUT2D eigenvalue weighted by molar-refractivity contribution is 9.10. The molecule has 0 atom stereocenters. The molecular weight excluding hydrogens is 284 g/mol.